The highest BCUT2D eigenvalue weighted by atomic mass is 127. The van der Waals surface area contributed by atoms with Crippen molar-refractivity contribution in [2.24, 2.45) is 0 Å². The first kappa shape index (κ1) is 12.1. The van der Waals surface area contributed by atoms with Gasteiger partial charge >= 0.3 is 5.97 Å². The summed E-state index contributed by atoms with van der Waals surface area (Å²) in [6, 6.07) is 13.3. The summed E-state index contributed by atoms with van der Waals surface area (Å²) in [6.07, 6.45) is 0. The summed E-state index contributed by atoms with van der Waals surface area (Å²) in [4.78, 5) is 10.9. The molecule has 2 aromatic rings. The molecule has 0 bridgehead atoms. The quantitative estimate of drug-likeness (QED) is 0.842. The third-order valence-corrected chi connectivity index (χ3v) is 3.52. The van der Waals surface area contributed by atoms with E-state index in [0.717, 1.165) is 14.7 Å². The molecule has 0 fully saturated rings. The molecule has 17 heavy (non-hydrogen) atoms. The Hall–Kier alpha value is -1.36. The smallest absolute Gasteiger partial charge is 0.335 e. The summed E-state index contributed by atoms with van der Waals surface area (Å²) >= 11 is 2.22. The van der Waals surface area contributed by atoms with E-state index in [-0.39, 0.29) is 0 Å². The summed E-state index contributed by atoms with van der Waals surface area (Å²) in [7, 11) is 0. The highest BCUT2D eigenvalue weighted by Crippen LogP contribution is 2.26. The van der Waals surface area contributed by atoms with Crippen LogP contribution in [0, 0.1) is 10.5 Å². The first-order valence-electron chi connectivity index (χ1n) is 5.18. The van der Waals surface area contributed by atoms with Gasteiger partial charge in [-0.1, -0.05) is 29.8 Å². The molecule has 1 N–H and O–H groups in total. The maximum atomic E-state index is 10.9. The average Bonchev–Trinajstić information content (AvgIpc) is 2.31. The molecule has 3 heteroatoms. The zero-order valence-corrected chi connectivity index (χ0v) is 11.4. The van der Waals surface area contributed by atoms with Crippen molar-refractivity contribution in [3.8, 4) is 11.1 Å². The second-order valence-corrected chi connectivity index (χ2v) is 5.03. The Bertz CT molecular complexity index is 559. The minimum atomic E-state index is -0.894. The van der Waals surface area contributed by atoms with Crippen molar-refractivity contribution in [1.29, 1.82) is 0 Å². The molecule has 0 amide bonds. The lowest BCUT2D eigenvalue weighted by atomic mass is 10.0. The molecule has 2 aromatic carbocycles. The van der Waals surface area contributed by atoms with Gasteiger partial charge in [-0.2, -0.15) is 0 Å². The Morgan fingerprint density at radius 2 is 1.76 bits per heavy atom. The van der Waals surface area contributed by atoms with Crippen LogP contribution >= 0.6 is 22.6 Å². The van der Waals surface area contributed by atoms with Gasteiger partial charge in [0.1, 0.15) is 0 Å². The molecule has 0 spiro atoms. The summed E-state index contributed by atoms with van der Waals surface area (Å²) in [5, 5.41) is 8.99. The van der Waals surface area contributed by atoms with E-state index in [0.29, 0.717) is 5.56 Å². The predicted octanol–water partition coefficient (Wildman–Crippen LogP) is 3.96. The first-order valence-corrected chi connectivity index (χ1v) is 6.25. The molecule has 0 atom stereocenters. The van der Waals surface area contributed by atoms with Crippen LogP contribution in [0.4, 0.5) is 0 Å². The Labute approximate surface area is 113 Å². The van der Waals surface area contributed by atoms with Gasteiger partial charge in [0.2, 0.25) is 0 Å². The van der Waals surface area contributed by atoms with Gasteiger partial charge in [-0.15, -0.1) is 0 Å². The van der Waals surface area contributed by atoms with Crippen molar-refractivity contribution < 1.29 is 9.90 Å². The molecule has 86 valence electrons. The van der Waals surface area contributed by atoms with Crippen LogP contribution in [-0.2, 0) is 0 Å². The van der Waals surface area contributed by atoms with Gasteiger partial charge < -0.3 is 5.11 Å². The highest BCUT2D eigenvalue weighted by molar-refractivity contribution is 14.1. The van der Waals surface area contributed by atoms with Crippen LogP contribution in [0.15, 0.2) is 42.5 Å². The van der Waals surface area contributed by atoms with Crippen molar-refractivity contribution in [3.05, 3.63) is 57.2 Å². The zero-order chi connectivity index (χ0) is 12.4. The molecular formula is C14H11IO2. The number of carbonyl (C=O) groups is 1. The van der Waals surface area contributed by atoms with Gasteiger partial charge in [-0.05, 0) is 58.8 Å². The maximum absolute atomic E-state index is 10.9. The molecule has 0 saturated heterocycles. The van der Waals surface area contributed by atoms with Crippen LogP contribution < -0.4 is 0 Å². The molecule has 0 radical (unpaired) electrons. The summed E-state index contributed by atoms with van der Waals surface area (Å²) in [5.41, 5.74) is 3.52. The zero-order valence-electron chi connectivity index (χ0n) is 9.27. The average molecular weight is 338 g/mol. The second-order valence-electron chi connectivity index (χ2n) is 3.87. The largest absolute Gasteiger partial charge is 0.478 e. The number of halogens is 1. The molecule has 0 heterocycles. The third-order valence-electron chi connectivity index (χ3n) is 2.58. The fourth-order valence-corrected chi connectivity index (χ4v) is 2.26. The monoisotopic (exact) mass is 338 g/mol. The van der Waals surface area contributed by atoms with E-state index in [2.05, 4.69) is 22.6 Å². The fraction of sp³-hybridized carbons (Fsp3) is 0.0714. The van der Waals surface area contributed by atoms with Crippen molar-refractivity contribution >= 4 is 28.6 Å². The highest BCUT2D eigenvalue weighted by Gasteiger charge is 2.08. The van der Waals surface area contributed by atoms with Crippen LogP contribution in [0.2, 0.25) is 0 Å². The minimum absolute atomic E-state index is 0.320. The van der Waals surface area contributed by atoms with Crippen LogP contribution in [0.1, 0.15) is 15.9 Å². The van der Waals surface area contributed by atoms with Gasteiger partial charge in [-0.3, -0.25) is 0 Å². The second kappa shape index (κ2) is 4.87. The molecule has 0 aliphatic rings. The lowest BCUT2D eigenvalue weighted by molar-refractivity contribution is 0.0697. The summed E-state index contributed by atoms with van der Waals surface area (Å²) in [5.74, 6) is -0.894. The number of benzene rings is 2. The van der Waals surface area contributed by atoms with E-state index in [1.165, 1.54) is 5.56 Å². The number of carboxylic acids is 1. The van der Waals surface area contributed by atoms with Gasteiger partial charge in [-0.25, -0.2) is 4.79 Å². The van der Waals surface area contributed by atoms with Gasteiger partial charge in [0.05, 0.1) is 5.56 Å². The maximum Gasteiger partial charge on any atom is 0.335 e. The lowest BCUT2D eigenvalue weighted by Gasteiger charge is -2.06. The normalized spacial score (nSPS) is 10.2. The Balaban J connectivity index is 2.54. The fourth-order valence-electron chi connectivity index (χ4n) is 1.61. The molecule has 0 aromatic heterocycles. The number of rotatable bonds is 2. The third kappa shape index (κ3) is 2.66. The van der Waals surface area contributed by atoms with Crippen LogP contribution in [-0.4, -0.2) is 11.1 Å². The number of carboxylic acid groups (broad SMARTS) is 1. The van der Waals surface area contributed by atoms with Crippen molar-refractivity contribution in [1.82, 2.24) is 0 Å². The van der Waals surface area contributed by atoms with E-state index < -0.39 is 5.97 Å². The molecule has 0 saturated carbocycles. The molecular weight excluding hydrogens is 327 g/mol. The number of hydrogen-bond acceptors (Lipinski definition) is 1. The van der Waals surface area contributed by atoms with Crippen LogP contribution in [0.3, 0.4) is 0 Å². The Kier molecular flexibility index (Phi) is 3.47. The van der Waals surface area contributed by atoms with Crippen molar-refractivity contribution in [2.45, 2.75) is 6.92 Å². The van der Waals surface area contributed by atoms with E-state index in [4.69, 9.17) is 5.11 Å². The van der Waals surface area contributed by atoms with Gasteiger partial charge in [0.15, 0.2) is 0 Å². The number of aromatic carboxylic acids is 1. The van der Waals surface area contributed by atoms with E-state index in [9.17, 15) is 4.79 Å². The van der Waals surface area contributed by atoms with Crippen molar-refractivity contribution in [2.75, 3.05) is 0 Å². The molecule has 2 rings (SSSR count). The Morgan fingerprint density at radius 1 is 1.12 bits per heavy atom. The molecule has 0 aliphatic heterocycles. The number of hydrogen-bond donors (Lipinski definition) is 1. The van der Waals surface area contributed by atoms with Gasteiger partial charge in [0, 0.05) is 3.57 Å². The number of aryl methyl sites for hydroxylation is 1. The molecule has 0 unspecified atom stereocenters. The van der Waals surface area contributed by atoms with Gasteiger partial charge in [0.25, 0.3) is 0 Å². The molecule has 2 nitrogen and oxygen atoms in total. The topological polar surface area (TPSA) is 37.3 Å². The summed E-state index contributed by atoms with van der Waals surface area (Å²) < 4.78 is 1.05. The van der Waals surface area contributed by atoms with Crippen molar-refractivity contribution in [3.63, 3.8) is 0 Å². The summed E-state index contributed by atoms with van der Waals surface area (Å²) in [6.45, 7) is 2.03. The van der Waals surface area contributed by atoms with Crippen LogP contribution in [0.25, 0.3) is 11.1 Å². The van der Waals surface area contributed by atoms with E-state index in [1.807, 2.05) is 37.3 Å². The molecule has 0 aliphatic carbocycles. The van der Waals surface area contributed by atoms with E-state index >= 15 is 0 Å². The Morgan fingerprint density at radius 3 is 2.35 bits per heavy atom. The minimum Gasteiger partial charge on any atom is -0.478 e. The van der Waals surface area contributed by atoms with E-state index in [1.54, 1.807) is 12.1 Å². The predicted molar refractivity (Wildman–Crippen MR) is 76.3 cm³/mol. The lowest BCUT2D eigenvalue weighted by Crippen LogP contribution is -1.97. The standard InChI is InChI=1S/C14H11IO2/c1-9-2-4-10(5-3-9)12-8-11(14(16)17)6-7-13(12)15/h2-8H,1H3,(H,16,17). The first-order chi connectivity index (χ1) is 8.08. The van der Waals surface area contributed by atoms with Crippen LogP contribution in [0.5, 0.6) is 0 Å². The SMILES string of the molecule is Cc1ccc(-c2cc(C(=O)O)ccc2I)cc1.